The van der Waals surface area contributed by atoms with Crippen molar-refractivity contribution in [3.63, 3.8) is 0 Å². The maximum atomic E-state index is 12.6. The Hall–Kier alpha value is -4.21. The summed E-state index contributed by atoms with van der Waals surface area (Å²) in [4.78, 5) is 53.6. The number of H-pyrrole nitrogens is 1. The van der Waals surface area contributed by atoms with Crippen LogP contribution in [0, 0.1) is 0 Å². The highest BCUT2D eigenvalue weighted by molar-refractivity contribution is 6.12. The number of nitrogens with one attached hydrogen (secondary N) is 4. The van der Waals surface area contributed by atoms with Crippen molar-refractivity contribution in [2.45, 2.75) is 0 Å². The molecule has 10 heteroatoms. The number of nitrogens with two attached hydrogens (primary N) is 1. The lowest BCUT2D eigenvalue weighted by molar-refractivity contribution is -0.117. The first-order valence-electron chi connectivity index (χ1n) is 8.15. The van der Waals surface area contributed by atoms with Gasteiger partial charge in [-0.25, -0.2) is 9.78 Å². The standard InChI is InChI=1S/C18H16N6O4/c19-14(25)8-20-18(28)24-11-4-1-3-10(7-11)23-16(26)12-5-2-6-13-15(12)17(27)22-9-21-13/h1-7,9H,8H2,(H2,19,25)(H,23,26)(H2,20,24,28)(H,21,22,27). The number of aromatic nitrogens is 2. The zero-order valence-corrected chi connectivity index (χ0v) is 14.5. The number of hydrogen-bond donors (Lipinski definition) is 5. The summed E-state index contributed by atoms with van der Waals surface area (Å²) in [6.45, 7) is -0.300. The molecule has 142 valence electrons. The number of rotatable bonds is 5. The van der Waals surface area contributed by atoms with Crippen molar-refractivity contribution in [2.24, 2.45) is 5.73 Å². The minimum Gasteiger partial charge on any atom is -0.368 e. The average molecular weight is 380 g/mol. The van der Waals surface area contributed by atoms with Crippen molar-refractivity contribution in [2.75, 3.05) is 17.2 Å². The SMILES string of the molecule is NC(=O)CNC(=O)Nc1cccc(NC(=O)c2cccc3nc[nH]c(=O)c23)c1. The number of urea groups is 1. The lowest BCUT2D eigenvalue weighted by Crippen LogP contribution is -2.36. The molecule has 0 bridgehead atoms. The first-order valence-corrected chi connectivity index (χ1v) is 8.15. The van der Waals surface area contributed by atoms with Gasteiger partial charge in [0, 0.05) is 11.4 Å². The molecule has 0 spiro atoms. The van der Waals surface area contributed by atoms with Crippen LogP contribution in [0.3, 0.4) is 0 Å². The van der Waals surface area contributed by atoms with E-state index in [0.29, 0.717) is 16.9 Å². The van der Waals surface area contributed by atoms with E-state index in [1.807, 2.05) is 0 Å². The van der Waals surface area contributed by atoms with Gasteiger partial charge in [0.25, 0.3) is 11.5 Å². The number of nitrogens with zero attached hydrogens (tertiary/aromatic N) is 1. The Bertz CT molecular complexity index is 1120. The number of amides is 4. The molecule has 10 nitrogen and oxygen atoms in total. The molecule has 28 heavy (non-hydrogen) atoms. The lowest BCUT2D eigenvalue weighted by Gasteiger charge is -2.10. The highest BCUT2D eigenvalue weighted by Crippen LogP contribution is 2.18. The summed E-state index contributed by atoms with van der Waals surface area (Å²) < 4.78 is 0. The number of fused-ring (bicyclic) bond motifs is 1. The third-order valence-electron chi connectivity index (χ3n) is 3.71. The van der Waals surface area contributed by atoms with Gasteiger partial charge in [-0.1, -0.05) is 12.1 Å². The molecule has 0 aliphatic rings. The van der Waals surface area contributed by atoms with Crippen LogP contribution in [0.5, 0.6) is 0 Å². The van der Waals surface area contributed by atoms with Crippen LogP contribution in [-0.2, 0) is 4.79 Å². The van der Waals surface area contributed by atoms with Crippen LogP contribution in [0.2, 0.25) is 0 Å². The van der Waals surface area contributed by atoms with Gasteiger partial charge in [-0.05, 0) is 30.3 Å². The van der Waals surface area contributed by atoms with E-state index in [4.69, 9.17) is 5.73 Å². The van der Waals surface area contributed by atoms with Gasteiger partial charge in [0.1, 0.15) is 0 Å². The van der Waals surface area contributed by atoms with Crippen molar-refractivity contribution in [1.29, 1.82) is 0 Å². The summed E-state index contributed by atoms with van der Waals surface area (Å²) in [5.41, 5.74) is 5.90. The van der Waals surface area contributed by atoms with E-state index < -0.39 is 23.4 Å². The maximum absolute atomic E-state index is 12.6. The summed E-state index contributed by atoms with van der Waals surface area (Å²) in [5.74, 6) is -1.17. The predicted octanol–water partition coefficient (Wildman–Crippen LogP) is 0.782. The second kappa shape index (κ2) is 7.99. The largest absolute Gasteiger partial charge is 0.368 e. The fourth-order valence-electron chi connectivity index (χ4n) is 2.52. The van der Waals surface area contributed by atoms with Crippen LogP contribution in [0.4, 0.5) is 16.2 Å². The van der Waals surface area contributed by atoms with Gasteiger partial charge in [-0.3, -0.25) is 14.4 Å². The summed E-state index contributed by atoms with van der Waals surface area (Å²) in [6.07, 6.45) is 1.27. The third-order valence-corrected chi connectivity index (χ3v) is 3.71. The van der Waals surface area contributed by atoms with E-state index in [-0.39, 0.29) is 17.5 Å². The molecule has 0 aliphatic heterocycles. The Labute approximate surface area is 158 Å². The maximum Gasteiger partial charge on any atom is 0.319 e. The Balaban J connectivity index is 1.78. The first kappa shape index (κ1) is 18.6. The van der Waals surface area contributed by atoms with Gasteiger partial charge in [0.15, 0.2) is 0 Å². The van der Waals surface area contributed by atoms with Crippen LogP contribution in [0.25, 0.3) is 10.9 Å². The van der Waals surface area contributed by atoms with Crippen LogP contribution in [0.15, 0.2) is 53.6 Å². The number of benzene rings is 2. The summed E-state index contributed by atoms with van der Waals surface area (Å²) in [5, 5.41) is 7.66. The highest BCUT2D eigenvalue weighted by Gasteiger charge is 2.14. The Morgan fingerprint density at radius 3 is 2.50 bits per heavy atom. The molecule has 0 atom stereocenters. The quantitative estimate of drug-likeness (QED) is 0.442. The zero-order valence-electron chi connectivity index (χ0n) is 14.5. The molecule has 4 amide bonds. The number of carbonyl (C=O) groups is 3. The molecule has 1 heterocycles. The Morgan fingerprint density at radius 2 is 1.75 bits per heavy atom. The van der Waals surface area contributed by atoms with Crippen molar-refractivity contribution < 1.29 is 14.4 Å². The van der Waals surface area contributed by atoms with Crippen molar-refractivity contribution in [3.8, 4) is 0 Å². The van der Waals surface area contributed by atoms with Crippen molar-refractivity contribution >= 4 is 40.1 Å². The van der Waals surface area contributed by atoms with Crippen LogP contribution >= 0.6 is 0 Å². The molecule has 0 aliphatic carbocycles. The monoisotopic (exact) mass is 380 g/mol. The van der Waals surface area contributed by atoms with E-state index in [0.717, 1.165) is 0 Å². The number of carbonyl (C=O) groups excluding carboxylic acids is 3. The van der Waals surface area contributed by atoms with Gasteiger partial charge in [-0.2, -0.15) is 0 Å². The second-order valence-corrected chi connectivity index (χ2v) is 5.74. The molecule has 0 unspecified atom stereocenters. The van der Waals surface area contributed by atoms with Gasteiger partial charge in [0.2, 0.25) is 5.91 Å². The van der Waals surface area contributed by atoms with Crippen molar-refractivity contribution in [3.05, 3.63) is 64.7 Å². The smallest absolute Gasteiger partial charge is 0.319 e. The van der Waals surface area contributed by atoms with Gasteiger partial charge < -0.3 is 26.7 Å². The average Bonchev–Trinajstić information content (AvgIpc) is 2.66. The molecule has 3 aromatic rings. The molecule has 0 saturated heterocycles. The molecule has 0 fully saturated rings. The van der Waals surface area contributed by atoms with E-state index in [2.05, 4.69) is 25.9 Å². The predicted molar refractivity (Wildman–Crippen MR) is 103 cm³/mol. The summed E-state index contributed by atoms with van der Waals surface area (Å²) >= 11 is 0. The third kappa shape index (κ3) is 4.30. The van der Waals surface area contributed by atoms with E-state index in [9.17, 15) is 19.2 Å². The molecule has 1 aromatic heterocycles. The number of aromatic amines is 1. The minimum atomic E-state index is -0.671. The number of anilines is 2. The van der Waals surface area contributed by atoms with E-state index in [1.54, 1.807) is 30.3 Å². The Kier molecular flexibility index (Phi) is 5.30. The topological polar surface area (TPSA) is 159 Å². The molecule has 6 N–H and O–H groups in total. The van der Waals surface area contributed by atoms with Crippen LogP contribution in [0.1, 0.15) is 10.4 Å². The molecule has 2 aromatic carbocycles. The fraction of sp³-hybridized carbons (Fsp3) is 0.0556. The van der Waals surface area contributed by atoms with Gasteiger partial charge in [-0.15, -0.1) is 0 Å². The second-order valence-electron chi connectivity index (χ2n) is 5.74. The van der Waals surface area contributed by atoms with Gasteiger partial charge >= 0.3 is 6.03 Å². The van der Waals surface area contributed by atoms with Crippen LogP contribution < -0.4 is 27.2 Å². The molecule has 0 saturated carbocycles. The zero-order chi connectivity index (χ0) is 20.1. The normalized spacial score (nSPS) is 10.3. The van der Waals surface area contributed by atoms with Gasteiger partial charge in [0.05, 0.1) is 29.3 Å². The van der Waals surface area contributed by atoms with Crippen LogP contribution in [-0.4, -0.2) is 34.4 Å². The molecule has 0 radical (unpaired) electrons. The first-order chi connectivity index (χ1) is 13.4. The fourth-order valence-corrected chi connectivity index (χ4v) is 2.52. The molecular formula is C18H16N6O4. The minimum absolute atomic E-state index is 0.171. The summed E-state index contributed by atoms with van der Waals surface area (Å²) in [7, 11) is 0. The van der Waals surface area contributed by atoms with E-state index in [1.165, 1.54) is 18.5 Å². The molecule has 3 rings (SSSR count). The number of primary amides is 1. The van der Waals surface area contributed by atoms with Crippen molar-refractivity contribution in [1.82, 2.24) is 15.3 Å². The lowest BCUT2D eigenvalue weighted by atomic mass is 10.1. The summed E-state index contributed by atoms with van der Waals surface area (Å²) in [6, 6.07) is 10.5. The number of hydrogen-bond acceptors (Lipinski definition) is 5. The van der Waals surface area contributed by atoms with E-state index >= 15 is 0 Å². The molecular weight excluding hydrogens is 364 g/mol. The Morgan fingerprint density at radius 1 is 1.04 bits per heavy atom. The highest BCUT2D eigenvalue weighted by atomic mass is 16.2.